The summed E-state index contributed by atoms with van der Waals surface area (Å²) in [4.78, 5) is 0. The number of rotatable bonds is 3. The average molecular weight is 194 g/mol. The van der Waals surface area contributed by atoms with E-state index in [9.17, 15) is 0 Å². The molecule has 0 saturated heterocycles. The summed E-state index contributed by atoms with van der Waals surface area (Å²) in [6.07, 6.45) is 3.90. The first-order valence-corrected chi connectivity index (χ1v) is 5.30. The van der Waals surface area contributed by atoms with E-state index in [0.717, 1.165) is 17.4 Å². The van der Waals surface area contributed by atoms with Gasteiger partial charge in [0.1, 0.15) is 0 Å². The largest absolute Gasteiger partial charge is 0.0843 e. The molecule has 0 atom stereocenters. The highest BCUT2D eigenvalue weighted by Crippen LogP contribution is 2.43. The molecule has 0 bridgehead atoms. The molecule has 1 saturated carbocycles. The van der Waals surface area contributed by atoms with Gasteiger partial charge in [0.25, 0.3) is 0 Å². The van der Waals surface area contributed by atoms with Gasteiger partial charge in [-0.3, -0.25) is 0 Å². The molecule has 0 spiro atoms. The van der Waals surface area contributed by atoms with Crippen LogP contribution in [0.1, 0.15) is 31.7 Å². The molecule has 0 aliphatic heterocycles. The normalized spacial score (nSPS) is 16.5. The zero-order valence-electron chi connectivity index (χ0n) is 7.89. The lowest BCUT2D eigenvalue weighted by molar-refractivity contribution is 0.789. The lowest BCUT2D eigenvalue weighted by atomic mass is 9.92. The highest BCUT2D eigenvalue weighted by molar-refractivity contribution is 6.30. The number of benzene rings is 1. The molecular formula is C12H14Cl. The SMILES string of the molecule is CC[C](c1cccc(Cl)c1)C1CC1. The van der Waals surface area contributed by atoms with Gasteiger partial charge in [-0.1, -0.05) is 30.7 Å². The molecule has 0 unspecified atom stereocenters. The first-order valence-electron chi connectivity index (χ1n) is 4.93. The van der Waals surface area contributed by atoms with Crippen LogP contribution in [0.15, 0.2) is 24.3 Å². The maximum absolute atomic E-state index is 5.96. The zero-order valence-corrected chi connectivity index (χ0v) is 8.64. The fraction of sp³-hybridized carbons (Fsp3) is 0.417. The molecule has 1 heteroatoms. The van der Waals surface area contributed by atoms with Gasteiger partial charge in [0, 0.05) is 10.9 Å². The molecule has 2 rings (SSSR count). The van der Waals surface area contributed by atoms with Crippen molar-refractivity contribution in [2.75, 3.05) is 0 Å². The van der Waals surface area contributed by atoms with Crippen molar-refractivity contribution in [2.45, 2.75) is 26.2 Å². The van der Waals surface area contributed by atoms with Gasteiger partial charge in [-0.2, -0.15) is 0 Å². The first kappa shape index (κ1) is 9.08. The van der Waals surface area contributed by atoms with E-state index in [4.69, 9.17) is 11.6 Å². The topological polar surface area (TPSA) is 0 Å². The molecule has 1 aromatic rings. The third-order valence-electron chi connectivity index (χ3n) is 2.65. The summed E-state index contributed by atoms with van der Waals surface area (Å²) in [7, 11) is 0. The van der Waals surface area contributed by atoms with Crippen molar-refractivity contribution < 1.29 is 0 Å². The second-order valence-electron chi connectivity index (χ2n) is 3.66. The zero-order chi connectivity index (χ0) is 9.26. The molecule has 69 valence electrons. The van der Waals surface area contributed by atoms with E-state index in [1.165, 1.54) is 18.4 Å². The van der Waals surface area contributed by atoms with Crippen LogP contribution in [0.25, 0.3) is 0 Å². The monoisotopic (exact) mass is 193 g/mol. The first-order chi connectivity index (χ1) is 6.31. The summed E-state index contributed by atoms with van der Waals surface area (Å²) in [6, 6.07) is 8.22. The fourth-order valence-corrected chi connectivity index (χ4v) is 2.04. The average Bonchev–Trinajstić information content (AvgIpc) is 2.90. The van der Waals surface area contributed by atoms with Crippen molar-refractivity contribution in [3.05, 3.63) is 40.8 Å². The van der Waals surface area contributed by atoms with Crippen molar-refractivity contribution in [3.63, 3.8) is 0 Å². The van der Waals surface area contributed by atoms with Crippen LogP contribution < -0.4 is 0 Å². The van der Waals surface area contributed by atoms with E-state index in [1.807, 2.05) is 12.1 Å². The third kappa shape index (κ3) is 2.05. The summed E-state index contributed by atoms with van der Waals surface area (Å²) in [5, 5.41) is 0.851. The predicted octanol–water partition coefficient (Wildman–Crippen LogP) is 4.08. The van der Waals surface area contributed by atoms with Crippen molar-refractivity contribution in [2.24, 2.45) is 5.92 Å². The lowest BCUT2D eigenvalue weighted by Gasteiger charge is -2.13. The van der Waals surface area contributed by atoms with Gasteiger partial charge in [0.2, 0.25) is 0 Å². The Morgan fingerprint density at radius 2 is 2.23 bits per heavy atom. The Bertz CT molecular complexity index is 289. The standard InChI is InChI=1S/C12H14Cl/c1-2-12(9-6-7-9)10-4-3-5-11(13)8-10/h3-5,8-9H,2,6-7H2,1H3. The molecule has 1 radical (unpaired) electrons. The molecule has 0 heterocycles. The second kappa shape index (κ2) is 3.71. The van der Waals surface area contributed by atoms with Gasteiger partial charge < -0.3 is 0 Å². The summed E-state index contributed by atoms with van der Waals surface area (Å²) < 4.78 is 0. The maximum atomic E-state index is 5.96. The Morgan fingerprint density at radius 1 is 1.46 bits per heavy atom. The van der Waals surface area contributed by atoms with Crippen LogP contribution in [0, 0.1) is 11.8 Å². The Kier molecular flexibility index (Phi) is 2.59. The molecule has 0 N–H and O–H groups in total. The van der Waals surface area contributed by atoms with Gasteiger partial charge in [-0.15, -0.1) is 0 Å². The lowest BCUT2D eigenvalue weighted by Crippen LogP contribution is -2.00. The molecule has 0 nitrogen and oxygen atoms in total. The van der Waals surface area contributed by atoms with E-state index in [2.05, 4.69) is 19.1 Å². The molecule has 13 heavy (non-hydrogen) atoms. The summed E-state index contributed by atoms with van der Waals surface area (Å²) in [6.45, 7) is 2.23. The molecule has 0 amide bonds. The van der Waals surface area contributed by atoms with E-state index in [-0.39, 0.29) is 0 Å². The number of hydrogen-bond acceptors (Lipinski definition) is 0. The van der Waals surface area contributed by atoms with Gasteiger partial charge in [0.05, 0.1) is 0 Å². The highest BCUT2D eigenvalue weighted by Gasteiger charge is 2.31. The fourth-order valence-electron chi connectivity index (χ4n) is 1.85. The van der Waals surface area contributed by atoms with E-state index >= 15 is 0 Å². The van der Waals surface area contributed by atoms with Crippen LogP contribution in [-0.2, 0) is 0 Å². The van der Waals surface area contributed by atoms with E-state index in [1.54, 1.807) is 5.92 Å². The van der Waals surface area contributed by atoms with E-state index < -0.39 is 0 Å². The Balaban J connectivity index is 2.21. The maximum Gasteiger partial charge on any atom is 0.0408 e. The van der Waals surface area contributed by atoms with Crippen LogP contribution in [-0.4, -0.2) is 0 Å². The van der Waals surface area contributed by atoms with Crippen molar-refractivity contribution in [1.82, 2.24) is 0 Å². The Labute approximate surface area is 84.9 Å². The van der Waals surface area contributed by atoms with Crippen molar-refractivity contribution in [1.29, 1.82) is 0 Å². The molecule has 1 aliphatic carbocycles. The second-order valence-corrected chi connectivity index (χ2v) is 4.10. The molecule has 1 aromatic carbocycles. The Morgan fingerprint density at radius 3 is 2.77 bits per heavy atom. The molecule has 1 aliphatic rings. The van der Waals surface area contributed by atoms with Gasteiger partial charge in [-0.05, 0) is 42.9 Å². The number of halogens is 1. The van der Waals surface area contributed by atoms with Crippen LogP contribution in [0.4, 0.5) is 0 Å². The Hall–Kier alpha value is -0.490. The highest BCUT2D eigenvalue weighted by atomic mass is 35.5. The minimum Gasteiger partial charge on any atom is -0.0843 e. The minimum absolute atomic E-state index is 0.850. The quantitative estimate of drug-likeness (QED) is 0.679. The minimum atomic E-state index is 0.850. The van der Waals surface area contributed by atoms with Gasteiger partial charge in [-0.25, -0.2) is 0 Å². The van der Waals surface area contributed by atoms with Crippen LogP contribution in [0.2, 0.25) is 5.02 Å². The van der Waals surface area contributed by atoms with Crippen LogP contribution >= 0.6 is 11.6 Å². The predicted molar refractivity (Wildman–Crippen MR) is 56.8 cm³/mol. The summed E-state index contributed by atoms with van der Waals surface area (Å²) in [5.41, 5.74) is 1.34. The van der Waals surface area contributed by atoms with Crippen LogP contribution in [0.5, 0.6) is 0 Å². The van der Waals surface area contributed by atoms with E-state index in [0.29, 0.717) is 0 Å². The van der Waals surface area contributed by atoms with Crippen LogP contribution in [0.3, 0.4) is 0 Å². The van der Waals surface area contributed by atoms with Gasteiger partial charge >= 0.3 is 0 Å². The molecular weight excluding hydrogens is 180 g/mol. The summed E-state index contributed by atoms with van der Waals surface area (Å²) >= 11 is 5.96. The number of hydrogen-bond donors (Lipinski definition) is 0. The van der Waals surface area contributed by atoms with Crippen molar-refractivity contribution in [3.8, 4) is 0 Å². The smallest absolute Gasteiger partial charge is 0.0408 e. The van der Waals surface area contributed by atoms with Crippen molar-refractivity contribution >= 4 is 11.6 Å². The summed E-state index contributed by atoms with van der Waals surface area (Å²) in [5.74, 6) is 2.44. The van der Waals surface area contributed by atoms with Gasteiger partial charge in [0.15, 0.2) is 0 Å². The molecule has 1 fully saturated rings. The molecule has 0 aromatic heterocycles. The third-order valence-corrected chi connectivity index (χ3v) is 2.88.